The fourth-order valence-corrected chi connectivity index (χ4v) is 3.74. The van der Waals surface area contributed by atoms with Crippen molar-refractivity contribution >= 4 is 34.1 Å². The lowest BCUT2D eigenvalue weighted by Gasteiger charge is -2.09. The molecule has 0 saturated heterocycles. The van der Waals surface area contributed by atoms with Gasteiger partial charge in [-0.2, -0.15) is 18.3 Å². The van der Waals surface area contributed by atoms with Crippen LogP contribution in [0.1, 0.15) is 55.1 Å². The number of aryl methyl sites for hydroxylation is 1. The van der Waals surface area contributed by atoms with E-state index in [1.165, 1.54) is 25.9 Å². The first-order valence-corrected chi connectivity index (χ1v) is 9.64. The molecule has 0 saturated carbocycles. The molecule has 2 heterocycles. The Morgan fingerprint density at radius 1 is 1.30 bits per heavy atom. The van der Waals surface area contributed by atoms with Crippen molar-refractivity contribution in [2.24, 2.45) is 7.05 Å². The highest BCUT2D eigenvalue weighted by Gasteiger charge is 2.36. The molecule has 0 aliphatic heterocycles. The van der Waals surface area contributed by atoms with E-state index >= 15 is 0 Å². The van der Waals surface area contributed by atoms with E-state index in [-0.39, 0.29) is 28.0 Å². The van der Waals surface area contributed by atoms with Crippen LogP contribution in [0.2, 0.25) is 0 Å². The standard InChI is InChI=1S/C18H21F3N4O4S/c1-6-7-29-17(28)12-9(2)13(16(27)24(3)4)30-15(12)22-14(26)10-8-11(18(19,20)21)25(5)23-10/h8H,6-7H2,1-5H3,(H,22,26). The molecule has 164 valence electrons. The average Bonchev–Trinajstić information content (AvgIpc) is 3.19. The second-order valence-electron chi connectivity index (χ2n) is 6.59. The fourth-order valence-electron chi connectivity index (χ4n) is 2.53. The van der Waals surface area contributed by atoms with Crippen LogP contribution in [0.5, 0.6) is 0 Å². The van der Waals surface area contributed by atoms with Gasteiger partial charge < -0.3 is 15.0 Å². The summed E-state index contributed by atoms with van der Waals surface area (Å²) in [5.41, 5.74) is -1.28. The van der Waals surface area contributed by atoms with Crippen molar-refractivity contribution in [1.29, 1.82) is 0 Å². The molecular weight excluding hydrogens is 425 g/mol. The van der Waals surface area contributed by atoms with Crippen LogP contribution in [0.4, 0.5) is 18.2 Å². The van der Waals surface area contributed by atoms with Gasteiger partial charge in [0.2, 0.25) is 0 Å². The number of rotatable bonds is 6. The molecule has 12 heteroatoms. The van der Waals surface area contributed by atoms with Gasteiger partial charge in [0.15, 0.2) is 5.69 Å². The van der Waals surface area contributed by atoms with Crippen LogP contribution in [0.25, 0.3) is 0 Å². The number of amides is 2. The SMILES string of the molecule is CCCOC(=O)c1c(NC(=O)c2cc(C(F)(F)F)n(C)n2)sc(C(=O)N(C)C)c1C. The molecule has 2 aromatic heterocycles. The summed E-state index contributed by atoms with van der Waals surface area (Å²) in [7, 11) is 4.12. The van der Waals surface area contributed by atoms with E-state index in [4.69, 9.17) is 4.74 Å². The smallest absolute Gasteiger partial charge is 0.433 e. The van der Waals surface area contributed by atoms with Crippen LogP contribution in [-0.2, 0) is 18.0 Å². The van der Waals surface area contributed by atoms with Crippen LogP contribution < -0.4 is 5.32 Å². The number of nitrogens with one attached hydrogen (secondary N) is 1. The monoisotopic (exact) mass is 446 g/mol. The number of carbonyl (C=O) groups excluding carboxylic acids is 3. The predicted molar refractivity (Wildman–Crippen MR) is 104 cm³/mol. The largest absolute Gasteiger partial charge is 0.462 e. The van der Waals surface area contributed by atoms with Crippen molar-refractivity contribution in [2.45, 2.75) is 26.4 Å². The lowest BCUT2D eigenvalue weighted by Crippen LogP contribution is -2.21. The molecule has 30 heavy (non-hydrogen) atoms. The number of thiophene rings is 1. The van der Waals surface area contributed by atoms with Gasteiger partial charge >= 0.3 is 12.1 Å². The second kappa shape index (κ2) is 8.86. The number of ether oxygens (including phenoxy) is 1. The highest BCUT2D eigenvalue weighted by Crippen LogP contribution is 2.35. The van der Waals surface area contributed by atoms with Gasteiger partial charge in [-0.1, -0.05) is 6.92 Å². The molecule has 8 nitrogen and oxygen atoms in total. The summed E-state index contributed by atoms with van der Waals surface area (Å²) in [6, 6.07) is 0.608. The third-order valence-electron chi connectivity index (χ3n) is 4.02. The van der Waals surface area contributed by atoms with E-state index in [1.807, 2.05) is 0 Å². The van der Waals surface area contributed by atoms with Gasteiger partial charge in [-0.3, -0.25) is 14.3 Å². The molecule has 2 amide bonds. The summed E-state index contributed by atoms with van der Waals surface area (Å²) in [4.78, 5) is 38.9. The van der Waals surface area contributed by atoms with Gasteiger partial charge in [-0.25, -0.2) is 4.79 Å². The number of carbonyl (C=O) groups is 3. The minimum atomic E-state index is -4.68. The first kappa shape index (κ1) is 23.4. The zero-order chi connectivity index (χ0) is 22.8. The molecule has 0 aliphatic carbocycles. The molecule has 0 aliphatic rings. The number of halogens is 3. The zero-order valence-electron chi connectivity index (χ0n) is 17.0. The molecule has 0 spiro atoms. The number of hydrogen-bond donors (Lipinski definition) is 1. The second-order valence-corrected chi connectivity index (χ2v) is 7.61. The van der Waals surface area contributed by atoms with Crippen LogP contribution in [0.3, 0.4) is 0 Å². The summed E-state index contributed by atoms with van der Waals surface area (Å²) in [6.07, 6.45) is -4.12. The van der Waals surface area contributed by atoms with Crippen molar-refractivity contribution in [1.82, 2.24) is 14.7 Å². The van der Waals surface area contributed by atoms with Crippen molar-refractivity contribution < 1.29 is 32.3 Å². The summed E-state index contributed by atoms with van der Waals surface area (Å²) in [6.45, 7) is 3.47. The number of nitrogens with zero attached hydrogens (tertiary/aromatic N) is 3. The zero-order valence-corrected chi connectivity index (χ0v) is 17.8. The normalized spacial score (nSPS) is 11.3. The maximum atomic E-state index is 13.0. The number of esters is 1. The Labute approximate surface area is 174 Å². The Morgan fingerprint density at radius 2 is 1.93 bits per heavy atom. The molecular formula is C18H21F3N4O4S. The van der Waals surface area contributed by atoms with Crippen LogP contribution in [0, 0.1) is 6.92 Å². The maximum Gasteiger partial charge on any atom is 0.433 e. The van der Waals surface area contributed by atoms with Crippen molar-refractivity contribution in [2.75, 3.05) is 26.0 Å². The molecule has 0 fully saturated rings. The first-order chi connectivity index (χ1) is 13.9. The molecule has 0 bridgehead atoms. The van der Waals surface area contributed by atoms with Crippen LogP contribution in [-0.4, -0.2) is 53.2 Å². The van der Waals surface area contributed by atoms with E-state index in [0.717, 1.165) is 18.4 Å². The van der Waals surface area contributed by atoms with Gasteiger partial charge in [-0.05, 0) is 18.9 Å². The third kappa shape index (κ3) is 4.81. The molecule has 2 rings (SSSR count). The highest BCUT2D eigenvalue weighted by atomic mass is 32.1. The number of hydrogen-bond acceptors (Lipinski definition) is 6. The lowest BCUT2D eigenvalue weighted by atomic mass is 10.1. The van der Waals surface area contributed by atoms with Crippen molar-refractivity contribution in [3.63, 3.8) is 0 Å². The van der Waals surface area contributed by atoms with Gasteiger partial charge in [0.25, 0.3) is 11.8 Å². The first-order valence-electron chi connectivity index (χ1n) is 8.83. The molecule has 0 unspecified atom stereocenters. The average molecular weight is 446 g/mol. The van der Waals surface area contributed by atoms with Gasteiger partial charge in [0.1, 0.15) is 10.7 Å². The summed E-state index contributed by atoms with van der Waals surface area (Å²) >= 11 is 0.843. The lowest BCUT2D eigenvalue weighted by molar-refractivity contribution is -0.143. The minimum Gasteiger partial charge on any atom is -0.462 e. The minimum absolute atomic E-state index is 0.00279. The topological polar surface area (TPSA) is 93.5 Å². The van der Waals surface area contributed by atoms with Crippen molar-refractivity contribution in [3.05, 3.63) is 33.5 Å². The third-order valence-corrected chi connectivity index (χ3v) is 5.21. The Morgan fingerprint density at radius 3 is 2.43 bits per heavy atom. The van der Waals surface area contributed by atoms with Gasteiger partial charge in [0.05, 0.1) is 17.0 Å². The van der Waals surface area contributed by atoms with Crippen molar-refractivity contribution in [3.8, 4) is 0 Å². The molecule has 0 atom stereocenters. The van der Waals surface area contributed by atoms with E-state index in [0.29, 0.717) is 22.7 Å². The molecule has 0 radical (unpaired) electrons. The molecule has 0 aromatic carbocycles. The fraction of sp³-hybridized carbons (Fsp3) is 0.444. The van der Waals surface area contributed by atoms with Crippen LogP contribution >= 0.6 is 11.3 Å². The Hall–Kier alpha value is -2.89. The summed E-state index contributed by atoms with van der Waals surface area (Å²) in [5.74, 6) is -2.08. The number of aromatic nitrogens is 2. The Balaban J connectivity index is 2.44. The molecule has 2 aromatic rings. The quantitative estimate of drug-likeness (QED) is 0.687. The van der Waals surface area contributed by atoms with Crippen LogP contribution in [0.15, 0.2) is 6.07 Å². The van der Waals surface area contributed by atoms with Gasteiger partial charge in [-0.15, -0.1) is 11.3 Å². The summed E-state index contributed by atoms with van der Waals surface area (Å²) in [5, 5.41) is 5.99. The van der Waals surface area contributed by atoms with Gasteiger partial charge in [0, 0.05) is 27.2 Å². The predicted octanol–water partition coefficient (Wildman–Crippen LogP) is 3.33. The Bertz CT molecular complexity index is 979. The van der Waals surface area contributed by atoms with E-state index in [9.17, 15) is 27.6 Å². The maximum absolute atomic E-state index is 13.0. The Kier molecular flexibility index (Phi) is 6.91. The van der Waals surface area contributed by atoms with E-state index in [1.54, 1.807) is 6.92 Å². The summed E-state index contributed by atoms with van der Waals surface area (Å²) < 4.78 is 44.6. The highest BCUT2D eigenvalue weighted by molar-refractivity contribution is 7.18. The van der Waals surface area contributed by atoms with E-state index in [2.05, 4.69) is 10.4 Å². The number of anilines is 1. The number of alkyl halides is 3. The van der Waals surface area contributed by atoms with E-state index < -0.39 is 29.4 Å². The molecule has 1 N–H and O–H groups in total.